The van der Waals surface area contributed by atoms with Gasteiger partial charge in [0, 0.05) is 22.2 Å². The molecule has 0 amide bonds. The molecule has 0 unspecified atom stereocenters. The third-order valence-corrected chi connectivity index (χ3v) is 2.67. The van der Waals surface area contributed by atoms with E-state index in [-0.39, 0.29) is 11.5 Å². The van der Waals surface area contributed by atoms with Crippen molar-refractivity contribution < 1.29 is 9.31 Å². The molecule has 0 saturated carbocycles. The Kier molecular flexibility index (Phi) is 3.36. The lowest BCUT2D eigenvalue weighted by molar-refractivity contribution is -0.480. The fourth-order valence-corrected chi connectivity index (χ4v) is 1.80. The molecule has 2 aromatic rings. The van der Waals surface area contributed by atoms with Gasteiger partial charge in [0.25, 0.3) is 5.56 Å². The summed E-state index contributed by atoms with van der Waals surface area (Å²) in [4.78, 5) is 23.3. The molecule has 94 valence electrons. The quantitative estimate of drug-likeness (QED) is 0.664. The maximum Gasteiger partial charge on any atom is 0.284 e. The average molecular weight is 250 g/mol. The molecule has 0 aliphatic rings. The predicted octanol–water partition coefficient (Wildman–Crippen LogP) is 1.88. The molecule has 0 aliphatic carbocycles. The van der Waals surface area contributed by atoms with Crippen LogP contribution in [0.4, 0.5) is 4.39 Å². The van der Waals surface area contributed by atoms with Crippen LogP contribution < -0.4 is 5.56 Å². The first-order valence-corrected chi connectivity index (χ1v) is 5.49. The molecule has 1 heterocycles. The maximum atomic E-state index is 13.1. The van der Waals surface area contributed by atoms with Crippen LogP contribution in [0.3, 0.4) is 0 Å². The van der Waals surface area contributed by atoms with Crippen molar-refractivity contribution in [1.29, 1.82) is 0 Å². The molecule has 1 aromatic heterocycles. The zero-order chi connectivity index (χ0) is 13.1. The molecule has 5 nitrogen and oxygen atoms in total. The second-order valence-corrected chi connectivity index (χ2v) is 4.03. The van der Waals surface area contributed by atoms with Crippen LogP contribution in [0, 0.1) is 15.9 Å². The molecule has 1 aromatic carbocycles. The minimum atomic E-state index is -0.829. The second kappa shape index (κ2) is 4.95. The monoisotopic (exact) mass is 250 g/mol. The lowest BCUT2D eigenvalue weighted by atomic mass is 10.1. The van der Waals surface area contributed by atoms with Gasteiger partial charge < -0.3 is 4.98 Å². The lowest BCUT2D eigenvalue weighted by Gasteiger charge is -2.02. The molecular weight excluding hydrogens is 239 g/mol. The normalized spacial score (nSPS) is 10.7. The van der Waals surface area contributed by atoms with Crippen LogP contribution in [0.5, 0.6) is 0 Å². The van der Waals surface area contributed by atoms with Crippen LogP contribution >= 0.6 is 0 Å². The van der Waals surface area contributed by atoms with Gasteiger partial charge in [-0.2, -0.15) is 0 Å². The summed E-state index contributed by atoms with van der Waals surface area (Å²) in [6.07, 6.45) is 0.988. The number of nitrogens with zero attached hydrogens (tertiary/aromatic N) is 1. The standard InChI is InChI=1S/C12H11FN2O3/c13-10-7-9-6-8(2-1-5-15(17)18)3-4-11(9)14-12(10)16/h3-4,6-7H,1-2,5H2,(H,14,16). The van der Waals surface area contributed by atoms with E-state index in [0.29, 0.717) is 23.7 Å². The summed E-state index contributed by atoms with van der Waals surface area (Å²) in [6.45, 7) is -0.0853. The largest absolute Gasteiger partial charge is 0.319 e. The Bertz CT molecular complexity index is 651. The van der Waals surface area contributed by atoms with Gasteiger partial charge in [-0.3, -0.25) is 14.9 Å². The van der Waals surface area contributed by atoms with E-state index in [4.69, 9.17) is 0 Å². The molecule has 1 N–H and O–H groups in total. The topological polar surface area (TPSA) is 76.0 Å². The van der Waals surface area contributed by atoms with E-state index in [1.165, 1.54) is 6.07 Å². The van der Waals surface area contributed by atoms with Crippen molar-refractivity contribution in [2.75, 3.05) is 6.54 Å². The van der Waals surface area contributed by atoms with Gasteiger partial charge in [0.05, 0.1) is 0 Å². The zero-order valence-corrected chi connectivity index (χ0v) is 9.48. The van der Waals surface area contributed by atoms with E-state index in [9.17, 15) is 19.3 Å². The summed E-state index contributed by atoms with van der Waals surface area (Å²) in [7, 11) is 0. The Morgan fingerprint density at radius 2 is 2.11 bits per heavy atom. The number of benzene rings is 1. The SMILES string of the molecule is O=c1[nH]c2ccc(CCC[N+](=O)[O-])cc2cc1F. The van der Waals surface area contributed by atoms with Crippen molar-refractivity contribution in [3.05, 3.63) is 56.1 Å². The number of nitrogens with one attached hydrogen (secondary N) is 1. The van der Waals surface area contributed by atoms with Crippen LogP contribution in [-0.2, 0) is 6.42 Å². The van der Waals surface area contributed by atoms with Gasteiger partial charge in [0.1, 0.15) is 0 Å². The molecule has 0 saturated heterocycles. The van der Waals surface area contributed by atoms with Gasteiger partial charge in [0.15, 0.2) is 5.82 Å². The highest BCUT2D eigenvalue weighted by Crippen LogP contribution is 2.14. The van der Waals surface area contributed by atoms with Crippen molar-refractivity contribution in [2.24, 2.45) is 0 Å². The van der Waals surface area contributed by atoms with Crippen molar-refractivity contribution in [3.63, 3.8) is 0 Å². The van der Waals surface area contributed by atoms with Gasteiger partial charge in [0.2, 0.25) is 6.54 Å². The molecule has 0 fully saturated rings. The third-order valence-electron chi connectivity index (χ3n) is 2.67. The van der Waals surface area contributed by atoms with Gasteiger partial charge in [-0.1, -0.05) is 6.07 Å². The van der Waals surface area contributed by atoms with Crippen LogP contribution in [0.25, 0.3) is 10.9 Å². The summed E-state index contributed by atoms with van der Waals surface area (Å²) in [6, 6.07) is 6.35. The molecule has 0 radical (unpaired) electrons. The summed E-state index contributed by atoms with van der Waals surface area (Å²) in [5.41, 5.74) is 0.693. The minimum Gasteiger partial charge on any atom is -0.319 e. The van der Waals surface area contributed by atoms with Crippen molar-refractivity contribution in [1.82, 2.24) is 4.98 Å². The number of rotatable bonds is 4. The zero-order valence-electron chi connectivity index (χ0n) is 9.48. The molecule has 2 rings (SSSR count). The maximum absolute atomic E-state index is 13.1. The van der Waals surface area contributed by atoms with Gasteiger partial charge in [-0.25, -0.2) is 4.39 Å². The highest BCUT2D eigenvalue weighted by molar-refractivity contribution is 5.79. The van der Waals surface area contributed by atoms with Crippen molar-refractivity contribution >= 4 is 10.9 Å². The highest BCUT2D eigenvalue weighted by atomic mass is 19.1. The highest BCUT2D eigenvalue weighted by Gasteiger charge is 2.04. The number of hydrogen-bond donors (Lipinski definition) is 1. The number of nitro groups is 1. The molecule has 0 spiro atoms. The summed E-state index contributed by atoms with van der Waals surface area (Å²) in [5, 5.41) is 10.8. The number of H-pyrrole nitrogens is 1. The van der Waals surface area contributed by atoms with E-state index in [1.54, 1.807) is 18.2 Å². The van der Waals surface area contributed by atoms with Crippen molar-refractivity contribution in [2.45, 2.75) is 12.8 Å². The number of halogens is 1. The number of aromatic nitrogens is 1. The number of pyridine rings is 1. The minimum absolute atomic E-state index is 0.0853. The predicted molar refractivity (Wildman–Crippen MR) is 64.7 cm³/mol. The van der Waals surface area contributed by atoms with Gasteiger partial charge in [-0.05, 0) is 30.2 Å². The average Bonchev–Trinajstić information content (AvgIpc) is 2.30. The van der Waals surface area contributed by atoms with E-state index in [0.717, 1.165) is 5.56 Å². The van der Waals surface area contributed by atoms with Crippen LogP contribution in [0.15, 0.2) is 29.1 Å². The molecule has 0 aliphatic heterocycles. The Balaban J connectivity index is 2.24. The second-order valence-electron chi connectivity index (χ2n) is 4.03. The fraction of sp³-hybridized carbons (Fsp3) is 0.250. The summed E-state index contributed by atoms with van der Waals surface area (Å²) < 4.78 is 13.1. The van der Waals surface area contributed by atoms with Crippen molar-refractivity contribution in [3.8, 4) is 0 Å². The van der Waals surface area contributed by atoms with E-state index >= 15 is 0 Å². The Labute approximate surface area is 101 Å². The number of aryl methyl sites for hydroxylation is 1. The molecular formula is C12H11FN2O3. The number of fused-ring (bicyclic) bond motifs is 1. The summed E-state index contributed by atoms with van der Waals surface area (Å²) >= 11 is 0. The number of hydrogen-bond acceptors (Lipinski definition) is 3. The van der Waals surface area contributed by atoms with Gasteiger partial charge in [-0.15, -0.1) is 0 Å². The van der Waals surface area contributed by atoms with E-state index in [2.05, 4.69) is 4.98 Å². The molecule has 0 bridgehead atoms. The first kappa shape index (κ1) is 12.2. The Morgan fingerprint density at radius 3 is 2.83 bits per heavy atom. The van der Waals surface area contributed by atoms with E-state index in [1.807, 2.05) is 0 Å². The molecule has 18 heavy (non-hydrogen) atoms. The first-order valence-electron chi connectivity index (χ1n) is 5.49. The number of aromatic amines is 1. The van der Waals surface area contributed by atoms with Crippen LogP contribution in [-0.4, -0.2) is 16.5 Å². The van der Waals surface area contributed by atoms with Crippen LogP contribution in [0.1, 0.15) is 12.0 Å². The molecule has 6 heteroatoms. The first-order chi connectivity index (χ1) is 8.56. The smallest absolute Gasteiger partial charge is 0.284 e. The third kappa shape index (κ3) is 2.71. The molecule has 0 atom stereocenters. The van der Waals surface area contributed by atoms with Crippen LogP contribution in [0.2, 0.25) is 0 Å². The Morgan fingerprint density at radius 1 is 1.33 bits per heavy atom. The fourth-order valence-electron chi connectivity index (χ4n) is 1.80. The van der Waals surface area contributed by atoms with E-state index < -0.39 is 11.4 Å². The summed E-state index contributed by atoms with van der Waals surface area (Å²) in [5.74, 6) is -0.829. The Hall–Kier alpha value is -2.24. The van der Waals surface area contributed by atoms with Gasteiger partial charge >= 0.3 is 0 Å². The lowest BCUT2D eigenvalue weighted by Crippen LogP contribution is -2.09.